The Kier molecular flexibility index (Phi) is 6.38. The number of nitro benzene ring substituents is 2. The van der Waals surface area contributed by atoms with E-state index in [2.05, 4.69) is 4.99 Å². The Balaban J connectivity index is 1.93. The molecule has 3 aromatic rings. The topological polar surface area (TPSA) is 147 Å². The fourth-order valence-electron chi connectivity index (χ4n) is 3.76. The van der Waals surface area contributed by atoms with Crippen LogP contribution in [-0.4, -0.2) is 27.0 Å². The number of thiazole rings is 1. The van der Waals surface area contributed by atoms with Gasteiger partial charge in [0, 0.05) is 24.3 Å². The molecular weight excluding hydrogens is 476 g/mol. The van der Waals surface area contributed by atoms with Crippen LogP contribution < -0.4 is 14.9 Å². The molecule has 2 aromatic carbocycles. The number of carbonyl (C=O) groups excluding carboxylic acids is 1. The molecule has 0 spiro atoms. The van der Waals surface area contributed by atoms with Crippen molar-refractivity contribution in [1.82, 2.24) is 4.57 Å². The fraction of sp³-hybridized carbons (Fsp3) is 0.174. The molecule has 0 aliphatic carbocycles. The van der Waals surface area contributed by atoms with Gasteiger partial charge < -0.3 is 4.74 Å². The summed E-state index contributed by atoms with van der Waals surface area (Å²) in [5, 5.41) is 22.3. The first-order valence-electron chi connectivity index (χ1n) is 10.4. The minimum absolute atomic E-state index is 0.0796. The number of benzene rings is 2. The number of aromatic nitrogens is 1. The van der Waals surface area contributed by atoms with Crippen molar-refractivity contribution < 1.29 is 19.4 Å². The Morgan fingerprint density at radius 2 is 1.83 bits per heavy atom. The van der Waals surface area contributed by atoms with Crippen LogP contribution in [0.25, 0.3) is 6.08 Å². The van der Waals surface area contributed by atoms with E-state index in [0.717, 1.165) is 11.3 Å². The lowest BCUT2D eigenvalue weighted by Crippen LogP contribution is -2.39. The zero-order chi connectivity index (χ0) is 25.3. The lowest BCUT2D eigenvalue weighted by molar-refractivity contribution is -0.385. The number of hydrogen-bond acceptors (Lipinski definition) is 9. The summed E-state index contributed by atoms with van der Waals surface area (Å²) in [6, 6.07) is 10.4. The first kappa shape index (κ1) is 23.7. The molecule has 2 heterocycles. The van der Waals surface area contributed by atoms with Gasteiger partial charge >= 0.3 is 5.97 Å². The maximum Gasteiger partial charge on any atom is 0.338 e. The van der Waals surface area contributed by atoms with Crippen LogP contribution in [0.1, 0.15) is 31.0 Å². The van der Waals surface area contributed by atoms with Crippen molar-refractivity contribution >= 4 is 34.8 Å². The van der Waals surface area contributed by atoms with Crippen LogP contribution in [-0.2, 0) is 9.53 Å². The highest BCUT2D eigenvalue weighted by Gasteiger charge is 2.34. The Labute approximate surface area is 201 Å². The summed E-state index contributed by atoms with van der Waals surface area (Å²) in [7, 11) is 0. The van der Waals surface area contributed by atoms with E-state index in [-0.39, 0.29) is 28.1 Å². The van der Waals surface area contributed by atoms with Gasteiger partial charge in [0.15, 0.2) is 4.80 Å². The molecule has 0 bridgehead atoms. The molecule has 11 nitrogen and oxygen atoms in total. The summed E-state index contributed by atoms with van der Waals surface area (Å²) in [5.74, 6) is -0.671. The maximum absolute atomic E-state index is 13.5. The standard InChI is InChI=1S/C23H18N4O7S/c1-3-34-22(29)19-13(2)24-23-25(20(19)15-5-4-6-17(12-15)27(32)33)21(28)18(35-23)11-14-7-9-16(10-8-14)26(30)31/h4-12,20H,3H2,1-2H3/b18-11-. The Morgan fingerprint density at radius 3 is 2.46 bits per heavy atom. The Bertz CT molecular complexity index is 1570. The third-order valence-corrected chi connectivity index (χ3v) is 6.30. The molecular formula is C23H18N4O7S. The SMILES string of the molecule is CCOC(=O)C1=C(C)N=c2s/c(=C\c3ccc([N+](=O)[O-])cc3)c(=O)n2C1c1cccc([N+](=O)[O-])c1. The summed E-state index contributed by atoms with van der Waals surface area (Å²) < 4.78 is 6.81. The van der Waals surface area contributed by atoms with Crippen LogP contribution >= 0.6 is 11.3 Å². The summed E-state index contributed by atoms with van der Waals surface area (Å²) in [6.07, 6.45) is 1.57. The second-order valence-corrected chi connectivity index (χ2v) is 8.51. The zero-order valence-electron chi connectivity index (χ0n) is 18.5. The molecule has 0 N–H and O–H groups in total. The molecule has 4 rings (SSSR count). The molecule has 0 fully saturated rings. The van der Waals surface area contributed by atoms with E-state index in [9.17, 15) is 29.8 Å². The van der Waals surface area contributed by atoms with Gasteiger partial charge in [-0.25, -0.2) is 9.79 Å². The predicted octanol–water partition coefficient (Wildman–Crippen LogP) is 2.61. The average Bonchev–Trinajstić information content (AvgIpc) is 3.13. The summed E-state index contributed by atoms with van der Waals surface area (Å²) >= 11 is 1.08. The molecule has 1 aliphatic heterocycles. The summed E-state index contributed by atoms with van der Waals surface area (Å²) in [5.41, 5.74) is 0.647. The van der Waals surface area contributed by atoms with E-state index < -0.39 is 27.4 Å². The molecule has 1 atom stereocenters. The molecule has 0 saturated heterocycles. The molecule has 0 radical (unpaired) electrons. The number of allylic oxidation sites excluding steroid dienone is 1. The van der Waals surface area contributed by atoms with Gasteiger partial charge in [0.25, 0.3) is 16.9 Å². The fourth-order valence-corrected chi connectivity index (χ4v) is 4.81. The van der Waals surface area contributed by atoms with Gasteiger partial charge in [0.2, 0.25) is 0 Å². The van der Waals surface area contributed by atoms with Crippen LogP contribution in [0.2, 0.25) is 0 Å². The predicted molar refractivity (Wildman–Crippen MR) is 127 cm³/mol. The van der Waals surface area contributed by atoms with Crippen LogP contribution in [0.3, 0.4) is 0 Å². The van der Waals surface area contributed by atoms with E-state index in [1.54, 1.807) is 26.0 Å². The van der Waals surface area contributed by atoms with Crippen LogP contribution in [0.4, 0.5) is 11.4 Å². The lowest BCUT2D eigenvalue weighted by Gasteiger charge is -2.24. The first-order chi connectivity index (χ1) is 16.7. The second-order valence-electron chi connectivity index (χ2n) is 7.50. The largest absolute Gasteiger partial charge is 0.463 e. The van der Waals surface area contributed by atoms with Gasteiger partial charge in [0.1, 0.15) is 0 Å². The lowest BCUT2D eigenvalue weighted by atomic mass is 9.95. The maximum atomic E-state index is 13.5. The van der Waals surface area contributed by atoms with Crippen molar-refractivity contribution in [2.75, 3.05) is 6.61 Å². The van der Waals surface area contributed by atoms with Crippen molar-refractivity contribution in [2.24, 2.45) is 4.99 Å². The molecule has 178 valence electrons. The van der Waals surface area contributed by atoms with Gasteiger partial charge in [-0.2, -0.15) is 0 Å². The minimum atomic E-state index is -0.982. The van der Waals surface area contributed by atoms with E-state index >= 15 is 0 Å². The van der Waals surface area contributed by atoms with Crippen LogP contribution in [0.15, 0.2) is 69.6 Å². The summed E-state index contributed by atoms with van der Waals surface area (Å²) in [6.45, 7) is 3.36. The van der Waals surface area contributed by atoms with Crippen LogP contribution in [0.5, 0.6) is 0 Å². The number of non-ortho nitro benzene ring substituents is 2. The number of esters is 1. The zero-order valence-corrected chi connectivity index (χ0v) is 19.4. The van der Waals surface area contributed by atoms with E-state index in [4.69, 9.17) is 4.74 Å². The van der Waals surface area contributed by atoms with Crippen molar-refractivity contribution in [3.05, 3.63) is 111 Å². The van der Waals surface area contributed by atoms with Gasteiger partial charge in [-0.05, 0) is 43.2 Å². The number of rotatable bonds is 6. The van der Waals surface area contributed by atoms with Gasteiger partial charge in [-0.3, -0.25) is 29.6 Å². The number of carbonyl (C=O) groups is 1. The Morgan fingerprint density at radius 1 is 1.14 bits per heavy atom. The van der Waals surface area contributed by atoms with Crippen molar-refractivity contribution in [2.45, 2.75) is 19.9 Å². The third kappa shape index (κ3) is 4.51. The number of nitro groups is 2. The minimum Gasteiger partial charge on any atom is -0.463 e. The van der Waals surface area contributed by atoms with E-state index in [1.165, 1.54) is 47.0 Å². The molecule has 1 aliphatic rings. The van der Waals surface area contributed by atoms with E-state index in [1.807, 2.05) is 0 Å². The van der Waals surface area contributed by atoms with Gasteiger partial charge in [0.05, 0.1) is 38.3 Å². The molecule has 0 amide bonds. The van der Waals surface area contributed by atoms with Crippen molar-refractivity contribution in [3.63, 3.8) is 0 Å². The number of nitrogens with zero attached hydrogens (tertiary/aromatic N) is 4. The van der Waals surface area contributed by atoms with E-state index in [0.29, 0.717) is 21.6 Å². The average molecular weight is 494 g/mol. The quantitative estimate of drug-likeness (QED) is 0.291. The monoisotopic (exact) mass is 494 g/mol. The Hall–Kier alpha value is -4.45. The number of hydrogen-bond donors (Lipinski definition) is 0. The molecule has 35 heavy (non-hydrogen) atoms. The van der Waals surface area contributed by atoms with Crippen molar-refractivity contribution in [3.8, 4) is 0 Å². The van der Waals surface area contributed by atoms with Gasteiger partial charge in [-0.1, -0.05) is 23.5 Å². The summed E-state index contributed by atoms with van der Waals surface area (Å²) in [4.78, 5) is 52.3. The smallest absolute Gasteiger partial charge is 0.338 e. The normalized spacial score (nSPS) is 15.4. The molecule has 1 aromatic heterocycles. The number of fused-ring (bicyclic) bond motifs is 1. The first-order valence-corrected chi connectivity index (χ1v) is 11.2. The molecule has 0 saturated carbocycles. The highest BCUT2D eigenvalue weighted by molar-refractivity contribution is 7.07. The van der Waals surface area contributed by atoms with Crippen LogP contribution in [0, 0.1) is 20.2 Å². The third-order valence-electron chi connectivity index (χ3n) is 5.32. The second kappa shape index (κ2) is 9.43. The van der Waals surface area contributed by atoms with Crippen molar-refractivity contribution in [1.29, 1.82) is 0 Å². The highest BCUT2D eigenvalue weighted by atomic mass is 32.1. The highest BCUT2D eigenvalue weighted by Crippen LogP contribution is 2.32. The molecule has 12 heteroatoms. The molecule has 1 unspecified atom stereocenters. The van der Waals surface area contributed by atoms with Gasteiger partial charge in [-0.15, -0.1) is 0 Å². The number of ether oxygens (including phenoxy) is 1.